The van der Waals surface area contributed by atoms with E-state index in [4.69, 9.17) is 21.1 Å². The van der Waals surface area contributed by atoms with Crippen LogP contribution in [0.2, 0.25) is 5.02 Å². The summed E-state index contributed by atoms with van der Waals surface area (Å²) in [5.74, 6) is 0.0741. The molecular formula is C79H109ClN12O8S2. The molecule has 3 aromatic carbocycles. The molecule has 23 heteroatoms. The van der Waals surface area contributed by atoms with Gasteiger partial charge in [-0.1, -0.05) is 105 Å². The number of likely N-dealkylation sites (N-methyl/N-ethyl adjacent to an activating group) is 1. The van der Waals surface area contributed by atoms with E-state index in [2.05, 4.69) is 92.3 Å². The van der Waals surface area contributed by atoms with Gasteiger partial charge in [0.1, 0.15) is 17.8 Å². The summed E-state index contributed by atoms with van der Waals surface area (Å²) in [4.78, 5) is 105. The molecule has 552 valence electrons. The van der Waals surface area contributed by atoms with Crippen molar-refractivity contribution in [3.8, 4) is 22.6 Å². The molecule has 7 aliphatic rings. The summed E-state index contributed by atoms with van der Waals surface area (Å²) in [7, 11) is 6.28. The predicted octanol–water partition coefficient (Wildman–Crippen LogP) is 11.2. The van der Waals surface area contributed by atoms with Gasteiger partial charge in [0.15, 0.2) is 5.75 Å². The molecule has 5 aliphatic heterocycles. The number of piperidine rings is 1. The fraction of sp³-hybridized carbons (Fsp3) is 0.595. The fourth-order valence-electron chi connectivity index (χ4n) is 16.8. The number of rotatable bonds is 27. The molecule has 102 heavy (non-hydrogen) atoms. The van der Waals surface area contributed by atoms with Gasteiger partial charge in [-0.2, -0.15) is 0 Å². The summed E-state index contributed by atoms with van der Waals surface area (Å²) in [6, 6.07) is 25.6. The highest BCUT2D eigenvalue weighted by atomic mass is 35.5. The highest BCUT2D eigenvalue weighted by Crippen LogP contribution is 2.46. The Hall–Kier alpha value is -6.47. The Labute approximate surface area is 617 Å². The van der Waals surface area contributed by atoms with Crippen molar-refractivity contribution in [1.29, 1.82) is 0 Å². The lowest BCUT2D eigenvalue weighted by molar-refractivity contribution is -0.148. The average Bonchev–Trinajstić information content (AvgIpc) is 1.57. The minimum atomic E-state index is -0.901. The molecule has 0 bridgehead atoms. The van der Waals surface area contributed by atoms with Crippen LogP contribution in [-0.4, -0.2) is 217 Å². The van der Waals surface area contributed by atoms with Gasteiger partial charge in [0, 0.05) is 73.2 Å². The number of carbonyl (C=O) groups is 6. The number of halogens is 1. The second-order valence-electron chi connectivity index (χ2n) is 30.1. The van der Waals surface area contributed by atoms with Crippen LogP contribution in [0.25, 0.3) is 11.1 Å². The number of thiophene rings is 2. The molecule has 6 fully saturated rings. The third-order valence-corrected chi connectivity index (χ3v) is 24.9. The Bertz CT molecular complexity index is 3560. The predicted molar refractivity (Wildman–Crippen MR) is 404 cm³/mol. The molecule has 20 nitrogen and oxygen atoms in total. The van der Waals surface area contributed by atoms with Gasteiger partial charge in [0.25, 0.3) is 0 Å². The molecular weight excluding hydrogens is 1340 g/mol. The van der Waals surface area contributed by atoms with Crippen LogP contribution in [-0.2, 0) is 51.8 Å². The van der Waals surface area contributed by atoms with Gasteiger partial charge in [-0.3, -0.25) is 29.0 Å². The normalized spacial score (nSPS) is 22.2. The summed E-state index contributed by atoms with van der Waals surface area (Å²) in [6.45, 7) is 10.3. The topological polar surface area (TPSA) is 195 Å². The molecule has 4 atom stereocenters. The van der Waals surface area contributed by atoms with Crippen LogP contribution in [0.15, 0.2) is 95.7 Å². The second-order valence-corrected chi connectivity index (χ2v) is 32.6. The molecule has 5 aromatic rings. The molecule has 7 heterocycles. The first-order valence-corrected chi connectivity index (χ1v) is 40.2. The number of carbonyl (C=O) groups excluding carboxylic acids is 6. The summed E-state index contributed by atoms with van der Waals surface area (Å²) in [5.41, 5.74) is 5.43. The smallest absolute Gasteiger partial charge is 0.410 e. The summed E-state index contributed by atoms with van der Waals surface area (Å²) in [5, 5.41) is 17.6. The SMILES string of the molecule is CN(C)CCCC[C@H](C(=O)N1CCN(C(=O)Oc2cccc3c2CCNC3)C[C@H]1C(=O)NCc1cccs1)N(C)C1CCC2(CC1)CCN(Cc1ccc(-c3ccc(OC(=O)N4CCN(C(=O)[C@@H](CCCCN5CCCCC5)NC5CCCCC5)[C@H](C(=O)NCc5cccs5)C4)c(Cl)c3)cc1)C2. The van der Waals surface area contributed by atoms with Crippen molar-refractivity contribution < 1.29 is 38.2 Å². The van der Waals surface area contributed by atoms with Crippen LogP contribution in [0, 0.1) is 5.41 Å². The Kier molecular flexibility index (Phi) is 26.9. The molecule has 2 aliphatic carbocycles. The maximum atomic E-state index is 15.4. The van der Waals surface area contributed by atoms with Crippen molar-refractivity contribution in [3.63, 3.8) is 0 Å². The zero-order valence-electron chi connectivity index (χ0n) is 60.4. The van der Waals surface area contributed by atoms with Crippen molar-refractivity contribution in [2.45, 2.75) is 191 Å². The van der Waals surface area contributed by atoms with Crippen molar-refractivity contribution in [2.24, 2.45) is 5.41 Å². The molecule has 0 radical (unpaired) electrons. The summed E-state index contributed by atoms with van der Waals surface area (Å²) < 4.78 is 12.1. The zero-order chi connectivity index (χ0) is 71.0. The van der Waals surface area contributed by atoms with Crippen molar-refractivity contribution in [3.05, 3.63) is 127 Å². The Morgan fingerprint density at radius 1 is 0.637 bits per heavy atom. The van der Waals surface area contributed by atoms with Crippen molar-refractivity contribution in [1.82, 2.24) is 60.5 Å². The molecule has 4 N–H and O–H groups in total. The molecule has 6 amide bonds. The van der Waals surface area contributed by atoms with Crippen LogP contribution >= 0.6 is 34.3 Å². The van der Waals surface area contributed by atoms with Crippen LogP contribution in [0.3, 0.4) is 0 Å². The number of nitrogens with one attached hydrogen (secondary N) is 4. The number of hydrogen-bond acceptors (Lipinski definition) is 16. The van der Waals surface area contributed by atoms with Gasteiger partial charge in [-0.05, 0) is 219 Å². The van der Waals surface area contributed by atoms with Crippen molar-refractivity contribution in [2.75, 3.05) is 106 Å². The molecule has 4 saturated heterocycles. The van der Waals surface area contributed by atoms with E-state index in [1.165, 1.54) is 36.1 Å². The Morgan fingerprint density at radius 2 is 1.27 bits per heavy atom. The highest BCUT2D eigenvalue weighted by Gasteiger charge is 2.46. The quantitative estimate of drug-likeness (QED) is 0.0363. The molecule has 12 rings (SSSR count). The molecule has 2 aromatic heterocycles. The lowest BCUT2D eigenvalue weighted by Crippen LogP contribution is -2.64. The lowest BCUT2D eigenvalue weighted by atomic mass is 9.71. The van der Waals surface area contributed by atoms with Crippen molar-refractivity contribution >= 4 is 70.1 Å². The average molecular weight is 1450 g/mol. The van der Waals surface area contributed by atoms with E-state index >= 15 is 4.79 Å². The number of unbranched alkanes of at least 4 members (excludes halogenated alkanes) is 2. The number of nitrogens with zero attached hydrogens (tertiary/aromatic N) is 8. The lowest BCUT2D eigenvalue weighted by Gasteiger charge is -2.46. The number of ether oxygens (including phenoxy) is 2. The minimum absolute atomic E-state index is 0.00668. The minimum Gasteiger partial charge on any atom is -0.410 e. The third kappa shape index (κ3) is 19.9. The number of benzene rings is 3. The van der Waals surface area contributed by atoms with E-state index in [-0.39, 0.29) is 86.1 Å². The van der Waals surface area contributed by atoms with Gasteiger partial charge in [-0.15, -0.1) is 22.7 Å². The number of likely N-dealkylation sites (tertiary alicyclic amines) is 2. The molecule has 2 saturated carbocycles. The van der Waals surface area contributed by atoms with E-state index in [0.29, 0.717) is 36.7 Å². The highest BCUT2D eigenvalue weighted by molar-refractivity contribution is 7.10. The third-order valence-electron chi connectivity index (χ3n) is 22.8. The van der Waals surface area contributed by atoms with Crippen LogP contribution in [0.4, 0.5) is 9.59 Å². The molecule has 0 unspecified atom stereocenters. The van der Waals surface area contributed by atoms with Gasteiger partial charge in [0.2, 0.25) is 23.6 Å². The second kappa shape index (κ2) is 36.5. The standard InChI is InChI=1S/C79H109ClN12O8S2/c1-85(2)38-12-9-23-68(76(96)92-46-44-89(55-70(92)74(94)83-52-64-21-16-48-102-64)77(97)99-71-24-14-17-60-50-81-37-33-65(60)71)86(3)62-31-34-79(35-32-62)36-42-88(56-79)53-57-25-27-58(28-26-57)59-29-30-72(66(80)49-59)100-78(98)90-43-45-91(69(54-90)73(93)82-51-63-20-15-47-101-63)75(95)67(84-61-18-6-4-7-19-61)22-8-13-41-87-39-10-5-11-40-87/h14-17,20-21,24-30,47-49,61-62,67-70,81,84H,4-13,18-19,22-23,31-46,50-56H2,1-3H3,(H,82,93)(H,83,94)/t62?,67-,68-,69+,70+,79?/m1/s1. The van der Waals surface area contributed by atoms with Gasteiger partial charge < -0.3 is 60.1 Å². The van der Waals surface area contributed by atoms with Crippen LogP contribution < -0.4 is 30.7 Å². The van der Waals surface area contributed by atoms with E-state index in [9.17, 15) is 24.0 Å². The number of fused-ring (bicyclic) bond motifs is 1. The van der Waals surface area contributed by atoms with Crippen LogP contribution in [0.5, 0.6) is 11.5 Å². The van der Waals surface area contributed by atoms with Gasteiger partial charge in [-0.25, -0.2) is 9.59 Å². The first kappa shape index (κ1) is 75.2. The maximum Gasteiger partial charge on any atom is 0.415 e. The fourth-order valence-corrected chi connectivity index (χ4v) is 18.3. The zero-order valence-corrected chi connectivity index (χ0v) is 62.8. The summed E-state index contributed by atoms with van der Waals surface area (Å²) in [6.07, 6.45) is 19.4. The Morgan fingerprint density at radius 3 is 1.92 bits per heavy atom. The van der Waals surface area contributed by atoms with Crippen LogP contribution in [0.1, 0.15) is 148 Å². The van der Waals surface area contributed by atoms with E-state index in [1.54, 1.807) is 43.4 Å². The largest absolute Gasteiger partial charge is 0.415 e. The monoisotopic (exact) mass is 1450 g/mol. The molecule has 1 spiro atoms. The van der Waals surface area contributed by atoms with E-state index < -0.39 is 36.4 Å². The van der Waals surface area contributed by atoms with E-state index in [0.717, 1.165) is 181 Å². The number of piperazine rings is 2. The number of hydrogen-bond donors (Lipinski definition) is 4. The first-order valence-electron chi connectivity index (χ1n) is 38.0. The summed E-state index contributed by atoms with van der Waals surface area (Å²) >= 11 is 10.1. The first-order chi connectivity index (χ1) is 49.6. The van der Waals surface area contributed by atoms with Gasteiger partial charge in [0.05, 0.1) is 43.3 Å². The Balaban J connectivity index is 0.642. The number of amides is 6. The maximum absolute atomic E-state index is 15.4. The van der Waals surface area contributed by atoms with Gasteiger partial charge >= 0.3 is 12.2 Å². The van der Waals surface area contributed by atoms with E-state index in [1.807, 2.05) is 59.3 Å².